The van der Waals surface area contributed by atoms with Crippen molar-refractivity contribution in [3.63, 3.8) is 0 Å². The van der Waals surface area contributed by atoms with Gasteiger partial charge in [0.25, 0.3) is 0 Å². The first-order valence-corrected chi connectivity index (χ1v) is 8.02. The number of cyclic esters (lactones) is 1. The number of ether oxygens (including phenoxy) is 3. The molecule has 3 heterocycles. The Hall–Kier alpha value is -2.48. The highest BCUT2D eigenvalue weighted by Gasteiger charge is 2.33. The van der Waals surface area contributed by atoms with E-state index in [-0.39, 0.29) is 19.3 Å². The zero-order valence-electron chi connectivity index (χ0n) is 13.2. The van der Waals surface area contributed by atoms with Gasteiger partial charge in [-0.2, -0.15) is 0 Å². The van der Waals surface area contributed by atoms with Crippen LogP contribution in [0.15, 0.2) is 18.2 Å². The highest BCUT2D eigenvalue weighted by Crippen LogP contribution is 2.32. The number of hydrogen-bond donors (Lipinski definition) is 1. The first kappa shape index (κ1) is 15.1. The monoisotopic (exact) mass is 333 g/mol. The van der Waals surface area contributed by atoms with Crippen LogP contribution in [-0.2, 0) is 16.1 Å². The molecule has 1 aromatic carbocycles. The van der Waals surface area contributed by atoms with Crippen LogP contribution in [0.5, 0.6) is 11.5 Å². The first-order valence-electron chi connectivity index (χ1n) is 8.02. The van der Waals surface area contributed by atoms with Gasteiger partial charge in [-0.25, -0.2) is 4.79 Å². The maximum absolute atomic E-state index is 12.3. The fourth-order valence-corrected chi connectivity index (χ4v) is 3.16. The van der Waals surface area contributed by atoms with Gasteiger partial charge in [0.05, 0.1) is 0 Å². The lowest BCUT2D eigenvalue weighted by molar-refractivity contribution is -0.134. The van der Waals surface area contributed by atoms with Gasteiger partial charge in [0.1, 0.15) is 12.6 Å². The maximum Gasteiger partial charge on any atom is 0.407 e. The van der Waals surface area contributed by atoms with E-state index in [0.717, 1.165) is 36.7 Å². The topological polar surface area (TPSA) is 80.3 Å². The van der Waals surface area contributed by atoms with E-state index in [2.05, 4.69) is 10.2 Å². The molecular weight excluding hydrogens is 314 g/mol. The second-order valence-electron chi connectivity index (χ2n) is 6.08. The van der Waals surface area contributed by atoms with Crippen molar-refractivity contribution >= 4 is 12.0 Å². The van der Waals surface area contributed by atoms with E-state index >= 15 is 0 Å². The zero-order chi connectivity index (χ0) is 16.5. The summed E-state index contributed by atoms with van der Waals surface area (Å²) in [4.78, 5) is 27.5. The van der Waals surface area contributed by atoms with Crippen LogP contribution in [0.2, 0.25) is 0 Å². The second-order valence-corrected chi connectivity index (χ2v) is 6.08. The number of amides is 2. The fourth-order valence-electron chi connectivity index (χ4n) is 3.16. The van der Waals surface area contributed by atoms with Gasteiger partial charge in [-0.1, -0.05) is 6.07 Å². The number of hydrogen-bond acceptors (Lipinski definition) is 6. The van der Waals surface area contributed by atoms with E-state index < -0.39 is 12.1 Å². The molecule has 0 aliphatic carbocycles. The number of carbonyl (C=O) groups is 2. The molecule has 0 radical (unpaired) electrons. The summed E-state index contributed by atoms with van der Waals surface area (Å²) in [6.07, 6.45) is -0.519. The van der Waals surface area contributed by atoms with Crippen molar-refractivity contribution < 1.29 is 23.8 Å². The highest BCUT2D eigenvalue weighted by atomic mass is 16.7. The van der Waals surface area contributed by atoms with E-state index in [1.807, 2.05) is 18.2 Å². The Labute approximate surface area is 139 Å². The SMILES string of the molecule is O=C1NC(C(=O)N2CCN(Cc3ccc4c(c3)OCO4)CC2)CO1. The van der Waals surface area contributed by atoms with Gasteiger partial charge >= 0.3 is 6.09 Å². The molecule has 0 spiro atoms. The van der Waals surface area contributed by atoms with Crippen molar-refractivity contribution in [1.29, 1.82) is 0 Å². The van der Waals surface area contributed by atoms with Crippen molar-refractivity contribution in [3.05, 3.63) is 23.8 Å². The van der Waals surface area contributed by atoms with Gasteiger partial charge in [0.15, 0.2) is 11.5 Å². The van der Waals surface area contributed by atoms with Gasteiger partial charge in [0.2, 0.25) is 12.7 Å². The average Bonchev–Trinajstić information content (AvgIpc) is 3.23. The largest absolute Gasteiger partial charge is 0.454 e. The van der Waals surface area contributed by atoms with E-state index in [0.29, 0.717) is 13.1 Å². The van der Waals surface area contributed by atoms with Gasteiger partial charge in [0, 0.05) is 32.7 Å². The van der Waals surface area contributed by atoms with Crippen molar-refractivity contribution in [1.82, 2.24) is 15.1 Å². The summed E-state index contributed by atoms with van der Waals surface area (Å²) >= 11 is 0. The zero-order valence-corrected chi connectivity index (χ0v) is 13.2. The molecule has 1 unspecified atom stereocenters. The fraction of sp³-hybridized carbons (Fsp3) is 0.500. The summed E-state index contributed by atoms with van der Waals surface area (Å²) in [6.45, 7) is 4.09. The van der Waals surface area contributed by atoms with E-state index in [4.69, 9.17) is 14.2 Å². The van der Waals surface area contributed by atoms with Crippen molar-refractivity contribution in [2.75, 3.05) is 39.6 Å². The molecule has 0 bridgehead atoms. The number of fused-ring (bicyclic) bond motifs is 1. The van der Waals surface area contributed by atoms with Crippen LogP contribution in [0.1, 0.15) is 5.56 Å². The molecule has 2 fully saturated rings. The molecular formula is C16H19N3O5. The lowest BCUT2D eigenvalue weighted by atomic mass is 10.1. The molecule has 128 valence electrons. The summed E-state index contributed by atoms with van der Waals surface area (Å²) in [5.41, 5.74) is 1.16. The number of rotatable bonds is 3. The molecule has 2 saturated heterocycles. The summed E-state index contributed by atoms with van der Waals surface area (Å²) in [6, 6.07) is 5.43. The van der Waals surface area contributed by atoms with Crippen molar-refractivity contribution in [2.24, 2.45) is 0 Å². The van der Waals surface area contributed by atoms with Crippen molar-refractivity contribution in [2.45, 2.75) is 12.6 Å². The van der Waals surface area contributed by atoms with Crippen LogP contribution in [-0.4, -0.2) is 67.4 Å². The van der Waals surface area contributed by atoms with Crippen molar-refractivity contribution in [3.8, 4) is 11.5 Å². The minimum absolute atomic E-state index is 0.0661. The Kier molecular flexibility index (Phi) is 3.89. The molecule has 1 N–H and O–H groups in total. The van der Waals surface area contributed by atoms with Crippen LogP contribution in [0.3, 0.4) is 0 Å². The molecule has 3 aliphatic rings. The Bertz CT molecular complexity index is 657. The molecule has 1 aromatic rings. The Morgan fingerprint density at radius 2 is 1.92 bits per heavy atom. The van der Waals surface area contributed by atoms with E-state index in [1.54, 1.807) is 4.90 Å². The summed E-state index contributed by atoms with van der Waals surface area (Å²) in [5, 5.41) is 2.53. The minimum atomic E-state index is -0.544. The third-order valence-corrected chi connectivity index (χ3v) is 4.50. The predicted molar refractivity (Wildman–Crippen MR) is 82.7 cm³/mol. The standard InChI is InChI=1S/C16H19N3O5/c20-15(12-9-22-16(21)17-12)19-5-3-18(4-6-19)8-11-1-2-13-14(7-11)24-10-23-13/h1-2,7,12H,3-6,8-10H2,(H,17,21). The Morgan fingerprint density at radius 1 is 1.12 bits per heavy atom. The number of carbonyl (C=O) groups excluding carboxylic acids is 2. The minimum Gasteiger partial charge on any atom is -0.454 e. The second kappa shape index (κ2) is 6.20. The predicted octanol–water partition coefficient (Wildman–Crippen LogP) is 0.168. The normalized spacial score (nSPS) is 23.1. The average molecular weight is 333 g/mol. The quantitative estimate of drug-likeness (QED) is 0.849. The van der Waals surface area contributed by atoms with Gasteiger partial charge in [-0.3, -0.25) is 9.69 Å². The smallest absolute Gasteiger partial charge is 0.407 e. The number of piperazine rings is 1. The first-order chi connectivity index (χ1) is 11.7. The summed E-state index contributed by atoms with van der Waals surface area (Å²) < 4.78 is 15.5. The third kappa shape index (κ3) is 2.96. The third-order valence-electron chi connectivity index (χ3n) is 4.50. The number of alkyl carbamates (subject to hydrolysis) is 1. The highest BCUT2D eigenvalue weighted by molar-refractivity contribution is 5.87. The Morgan fingerprint density at radius 3 is 2.67 bits per heavy atom. The number of benzene rings is 1. The molecule has 24 heavy (non-hydrogen) atoms. The number of nitrogens with one attached hydrogen (secondary N) is 1. The van der Waals surface area contributed by atoms with E-state index in [9.17, 15) is 9.59 Å². The van der Waals surface area contributed by atoms with Gasteiger partial charge in [-0.05, 0) is 17.7 Å². The van der Waals surface area contributed by atoms with Crippen LogP contribution < -0.4 is 14.8 Å². The van der Waals surface area contributed by atoms with Crippen LogP contribution in [0.25, 0.3) is 0 Å². The molecule has 3 aliphatic heterocycles. The van der Waals surface area contributed by atoms with Gasteiger partial charge < -0.3 is 24.4 Å². The summed E-state index contributed by atoms with van der Waals surface area (Å²) in [7, 11) is 0. The molecule has 0 saturated carbocycles. The van der Waals surface area contributed by atoms with Crippen LogP contribution >= 0.6 is 0 Å². The lowest BCUT2D eigenvalue weighted by Gasteiger charge is -2.35. The molecule has 0 aromatic heterocycles. The molecule has 4 rings (SSSR count). The molecule has 1 atom stereocenters. The van der Waals surface area contributed by atoms with Crippen LogP contribution in [0.4, 0.5) is 4.79 Å². The summed E-state index contributed by atoms with van der Waals surface area (Å²) in [5.74, 6) is 1.51. The van der Waals surface area contributed by atoms with E-state index in [1.165, 1.54) is 0 Å². The lowest BCUT2D eigenvalue weighted by Crippen LogP contribution is -2.53. The number of nitrogens with zero attached hydrogens (tertiary/aromatic N) is 2. The molecule has 8 heteroatoms. The van der Waals surface area contributed by atoms with Gasteiger partial charge in [-0.15, -0.1) is 0 Å². The van der Waals surface area contributed by atoms with Crippen LogP contribution in [0, 0.1) is 0 Å². The molecule has 2 amide bonds. The Balaban J connectivity index is 1.30. The molecule has 8 nitrogen and oxygen atoms in total. The maximum atomic E-state index is 12.3.